The van der Waals surface area contributed by atoms with E-state index < -0.39 is 0 Å². The van der Waals surface area contributed by atoms with E-state index in [-0.39, 0.29) is 0 Å². The number of thiophene rings is 1. The lowest BCUT2D eigenvalue weighted by molar-refractivity contribution is 0.102. The van der Waals surface area contributed by atoms with Crippen molar-refractivity contribution >= 4 is 11.3 Å². The van der Waals surface area contributed by atoms with Crippen LogP contribution in [0.2, 0.25) is 0 Å². The Labute approximate surface area is 108 Å². The minimum atomic E-state index is 0.448. The predicted molar refractivity (Wildman–Crippen MR) is 73.5 cm³/mol. The van der Waals surface area contributed by atoms with Crippen LogP contribution >= 0.6 is 11.3 Å². The van der Waals surface area contributed by atoms with E-state index in [9.17, 15) is 0 Å². The molecule has 0 radical (unpaired) electrons. The van der Waals surface area contributed by atoms with Crippen LogP contribution in [0.5, 0.6) is 0 Å². The van der Waals surface area contributed by atoms with E-state index in [0.29, 0.717) is 11.6 Å². The third-order valence-electron chi connectivity index (χ3n) is 4.47. The van der Waals surface area contributed by atoms with Gasteiger partial charge in [-0.2, -0.15) is 0 Å². The van der Waals surface area contributed by atoms with E-state index in [1.54, 1.807) is 0 Å². The molecule has 1 N–H and O–H groups in total. The molecule has 1 saturated carbocycles. The fourth-order valence-corrected chi connectivity index (χ4v) is 4.23. The minimum absolute atomic E-state index is 0.448. The molecule has 2 nitrogen and oxygen atoms in total. The van der Waals surface area contributed by atoms with Gasteiger partial charge in [0.15, 0.2) is 0 Å². The molecule has 2 fully saturated rings. The maximum Gasteiger partial charge on any atom is 0.0414 e. The second-order valence-electron chi connectivity index (χ2n) is 5.58. The molecule has 0 aromatic carbocycles. The lowest BCUT2D eigenvalue weighted by Crippen LogP contribution is -2.59. The zero-order valence-corrected chi connectivity index (χ0v) is 11.4. The molecular weight excluding hydrogens is 228 g/mol. The second kappa shape index (κ2) is 4.71. The first kappa shape index (κ1) is 11.7. The first-order valence-corrected chi connectivity index (χ1v) is 7.70. The summed E-state index contributed by atoms with van der Waals surface area (Å²) in [5.41, 5.74) is 0.448. The summed E-state index contributed by atoms with van der Waals surface area (Å²) in [6.07, 6.45) is 5.57. The van der Waals surface area contributed by atoms with Crippen LogP contribution in [0, 0.1) is 0 Å². The Balaban J connectivity index is 1.71. The largest absolute Gasteiger partial charge is 0.309 e. The van der Waals surface area contributed by atoms with E-state index in [4.69, 9.17) is 0 Å². The van der Waals surface area contributed by atoms with Gasteiger partial charge in [-0.1, -0.05) is 18.9 Å². The van der Waals surface area contributed by atoms with E-state index in [0.717, 1.165) is 6.54 Å². The lowest BCUT2D eigenvalue weighted by Gasteiger charge is -2.44. The predicted octanol–water partition coefficient (Wildman–Crippen LogP) is 3.03. The van der Waals surface area contributed by atoms with Gasteiger partial charge in [0.25, 0.3) is 0 Å². The summed E-state index contributed by atoms with van der Waals surface area (Å²) in [6.45, 7) is 5.96. The molecule has 3 heteroatoms. The molecule has 3 rings (SSSR count). The van der Waals surface area contributed by atoms with Gasteiger partial charge in [0.2, 0.25) is 0 Å². The fourth-order valence-electron chi connectivity index (χ4n) is 3.41. The number of nitrogens with zero attached hydrogens (tertiary/aromatic N) is 1. The highest BCUT2D eigenvalue weighted by molar-refractivity contribution is 7.10. The van der Waals surface area contributed by atoms with Gasteiger partial charge in [0.1, 0.15) is 0 Å². The van der Waals surface area contributed by atoms with E-state index >= 15 is 0 Å². The maximum atomic E-state index is 3.79. The fraction of sp³-hybridized carbons (Fsp3) is 0.714. The molecule has 1 spiro atoms. The summed E-state index contributed by atoms with van der Waals surface area (Å²) in [7, 11) is 0. The van der Waals surface area contributed by atoms with Crippen molar-refractivity contribution in [1.29, 1.82) is 0 Å². The zero-order valence-electron chi connectivity index (χ0n) is 10.6. The molecule has 2 heterocycles. The molecule has 1 atom stereocenters. The summed E-state index contributed by atoms with van der Waals surface area (Å²) in [5, 5.41) is 5.98. The average Bonchev–Trinajstić information content (AvgIpc) is 3.00. The first-order chi connectivity index (χ1) is 8.29. The third-order valence-corrected chi connectivity index (χ3v) is 5.51. The number of hydrogen-bond acceptors (Lipinski definition) is 3. The zero-order chi connectivity index (χ0) is 11.7. The summed E-state index contributed by atoms with van der Waals surface area (Å²) in [4.78, 5) is 4.19. The van der Waals surface area contributed by atoms with Crippen molar-refractivity contribution in [2.75, 3.05) is 19.6 Å². The molecule has 1 aliphatic heterocycles. The van der Waals surface area contributed by atoms with Crippen molar-refractivity contribution in [2.45, 2.75) is 44.2 Å². The van der Waals surface area contributed by atoms with Gasteiger partial charge in [0, 0.05) is 36.1 Å². The Hall–Kier alpha value is -0.380. The molecule has 0 amide bonds. The standard InChI is InChI=1S/C14H22N2S/c1-12(13-5-4-10-17-13)16-9-8-15-14(11-16)6-2-3-7-14/h4-5,10,12,15H,2-3,6-9,11H2,1H3. The number of piperazine rings is 1. The molecule has 1 aliphatic carbocycles. The van der Waals surface area contributed by atoms with Crippen molar-refractivity contribution < 1.29 is 0 Å². The highest BCUT2D eigenvalue weighted by Crippen LogP contribution is 2.35. The minimum Gasteiger partial charge on any atom is -0.309 e. The highest BCUT2D eigenvalue weighted by atomic mass is 32.1. The van der Waals surface area contributed by atoms with Crippen molar-refractivity contribution in [3.05, 3.63) is 22.4 Å². The first-order valence-electron chi connectivity index (χ1n) is 6.82. The van der Waals surface area contributed by atoms with Crippen LogP contribution in [0.15, 0.2) is 17.5 Å². The quantitative estimate of drug-likeness (QED) is 0.868. The Morgan fingerprint density at radius 2 is 2.24 bits per heavy atom. The molecule has 1 saturated heterocycles. The molecule has 0 bridgehead atoms. The van der Waals surface area contributed by atoms with Gasteiger partial charge in [-0.05, 0) is 31.2 Å². The van der Waals surface area contributed by atoms with Crippen LogP contribution in [-0.4, -0.2) is 30.1 Å². The number of nitrogens with one attached hydrogen (secondary N) is 1. The monoisotopic (exact) mass is 250 g/mol. The van der Waals surface area contributed by atoms with Crippen molar-refractivity contribution in [1.82, 2.24) is 10.2 Å². The van der Waals surface area contributed by atoms with Crippen molar-refractivity contribution in [2.24, 2.45) is 0 Å². The maximum absolute atomic E-state index is 3.79. The number of rotatable bonds is 2. The normalized spacial score (nSPS) is 26.4. The van der Waals surface area contributed by atoms with Gasteiger partial charge in [0.05, 0.1) is 0 Å². The Morgan fingerprint density at radius 1 is 1.41 bits per heavy atom. The Bertz CT molecular complexity index is 354. The summed E-state index contributed by atoms with van der Waals surface area (Å²) in [6, 6.07) is 5.04. The van der Waals surface area contributed by atoms with Crippen molar-refractivity contribution in [3.63, 3.8) is 0 Å². The summed E-state index contributed by atoms with van der Waals surface area (Å²) < 4.78 is 0. The van der Waals surface area contributed by atoms with Gasteiger partial charge in [-0.3, -0.25) is 4.90 Å². The lowest BCUT2D eigenvalue weighted by atomic mass is 9.93. The molecular formula is C14H22N2S. The van der Waals surface area contributed by atoms with Gasteiger partial charge < -0.3 is 5.32 Å². The Morgan fingerprint density at radius 3 is 2.94 bits per heavy atom. The van der Waals surface area contributed by atoms with Crippen molar-refractivity contribution in [3.8, 4) is 0 Å². The highest BCUT2D eigenvalue weighted by Gasteiger charge is 2.38. The van der Waals surface area contributed by atoms with Crippen LogP contribution < -0.4 is 5.32 Å². The van der Waals surface area contributed by atoms with E-state index in [2.05, 4.69) is 34.7 Å². The van der Waals surface area contributed by atoms with Gasteiger partial charge >= 0.3 is 0 Å². The van der Waals surface area contributed by atoms with Crippen LogP contribution in [0.25, 0.3) is 0 Å². The molecule has 17 heavy (non-hydrogen) atoms. The van der Waals surface area contributed by atoms with Crippen LogP contribution in [-0.2, 0) is 0 Å². The molecule has 1 aromatic heterocycles. The van der Waals surface area contributed by atoms with Crippen LogP contribution in [0.3, 0.4) is 0 Å². The van der Waals surface area contributed by atoms with Crippen LogP contribution in [0.1, 0.15) is 43.5 Å². The second-order valence-corrected chi connectivity index (χ2v) is 6.56. The van der Waals surface area contributed by atoms with Gasteiger partial charge in [-0.15, -0.1) is 11.3 Å². The third kappa shape index (κ3) is 2.28. The summed E-state index contributed by atoms with van der Waals surface area (Å²) in [5.74, 6) is 0. The number of hydrogen-bond donors (Lipinski definition) is 1. The molecule has 94 valence electrons. The van der Waals surface area contributed by atoms with E-state index in [1.165, 1.54) is 43.6 Å². The molecule has 1 unspecified atom stereocenters. The van der Waals surface area contributed by atoms with E-state index in [1.807, 2.05) is 11.3 Å². The average molecular weight is 250 g/mol. The smallest absolute Gasteiger partial charge is 0.0414 e. The molecule has 2 aliphatic rings. The Kier molecular flexibility index (Phi) is 3.24. The topological polar surface area (TPSA) is 15.3 Å². The van der Waals surface area contributed by atoms with Crippen LogP contribution in [0.4, 0.5) is 0 Å². The van der Waals surface area contributed by atoms with Gasteiger partial charge in [-0.25, -0.2) is 0 Å². The SMILES string of the molecule is CC(c1cccs1)N1CCNC2(CCCC2)C1. The summed E-state index contributed by atoms with van der Waals surface area (Å²) >= 11 is 1.89. The molecule has 1 aromatic rings.